The molecule has 0 aromatic heterocycles. The number of carbonyl (C=O) groups excluding carboxylic acids is 1. The van der Waals surface area contributed by atoms with Gasteiger partial charge in [-0.2, -0.15) is 0 Å². The van der Waals surface area contributed by atoms with Crippen molar-refractivity contribution in [3.05, 3.63) is 34.7 Å². The van der Waals surface area contributed by atoms with E-state index >= 15 is 0 Å². The SMILES string of the molecule is CCCCOc1ccccc1/C=C1/SC(=S)NC1=O. The molecule has 1 fully saturated rings. The minimum atomic E-state index is -0.140. The van der Waals surface area contributed by atoms with Gasteiger partial charge in [0.25, 0.3) is 5.91 Å². The van der Waals surface area contributed by atoms with Gasteiger partial charge in [0.05, 0.1) is 11.5 Å². The molecule has 0 aliphatic carbocycles. The largest absolute Gasteiger partial charge is 0.493 e. The minimum absolute atomic E-state index is 0.140. The summed E-state index contributed by atoms with van der Waals surface area (Å²) in [4.78, 5) is 12.2. The van der Waals surface area contributed by atoms with Gasteiger partial charge < -0.3 is 10.1 Å². The van der Waals surface area contributed by atoms with Crippen molar-refractivity contribution in [1.29, 1.82) is 0 Å². The molecule has 0 atom stereocenters. The molecule has 19 heavy (non-hydrogen) atoms. The van der Waals surface area contributed by atoms with Crippen molar-refractivity contribution in [2.75, 3.05) is 6.61 Å². The van der Waals surface area contributed by atoms with Gasteiger partial charge in [-0.3, -0.25) is 4.79 Å². The van der Waals surface area contributed by atoms with Crippen LogP contribution in [0, 0.1) is 0 Å². The average molecular weight is 293 g/mol. The van der Waals surface area contributed by atoms with E-state index in [1.807, 2.05) is 30.3 Å². The molecule has 0 spiro atoms. The number of nitrogens with one attached hydrogen (secondary N) is 1. The molecule has 5 heteroatoms. The molecule has 1 aliphatic rings. The van der Waals surface area contributed by atoms with Crippen LogP contribution in [0.4, 0.5) is 0 Å². The van der Waals surface area contributed by atoms with E-state index in [4.69, 9.17) is 17.0 Å². The van der Waals surface area contributed by atoms with Gasteiger partial charge in [0.1, 0.15) is 10.1 Å². The van der Waals surface area contributed by atoms with Crippen molar-refractivity contribution in [2.45, 2.75) is 19.8 Å². The first kappa shape index (κ1) is 14.1. The molecule has 1 aromatic rings. The summed E-state index contributed by atoms with van der Waals surface area (Å²) < 4.78 is 6.23. The summed E-state index contributed by atoms with van der Waals surface area (Å²) >= 11 is 6.25. The first-order valence-electron chi connectivity index (χ1n) is 6.17. The smallest absolute Gasteiger partial charge is 0.263 e. The summed E-state index contributed by atoms with van der Waals surface area (Å²) in [5.74, 6) is 0.660. The van der Waals surface area contributed by atoms with E-state index in [-0.39, 0.29) is 5.91 Å². The van der Waals surface area contributed by atoms with Gasteiger partial charge in [-0.1, -0.05) is 55.5 Å². The summed E-state index contributed by atoms with van der Waals surface area (Å²) in [6.45, 7) is 2.81. The third-order valence-corrected chi connectivity index (χ3v) is 3.77. The lowest BCUT2D eigenvalue weighted by molar-refractivity contribution is -0.115. The number of benzene rings is 1. The van der Waals surface area contributed by atoms with Crippen molar-refractivity contribution in [3.63, 3.8) is 0 Å². The standard InChI is InChI=1S/C14H15NO2S2/c1-2-3-8-17-11-7-5-4-6-10(11)9-12-13(16)15-14(18)19-12/h4-7,9H,2-3,8H2,1H3,(H,15,16,18)/b12-9+. The van der Waals surface area contributed by atoms with Crippen LogP contribution in [0.3, 0.4) is 0 Å². The third-order valence-electron chi connectivity index (χ3n) is 2.60. The van der Waals surface area contributed by atoms with Gasteiger partial charge in [0.15, 0.2) is 0 Å². The number of thiocarbonyl (C=S) groups is 1. The maximum absolute atomic E-state index is 11.6. The maximum Gasteiger partial charge on any atom is 0.263 e. The molecule has 100 valence electrons. The number of unbranched alkanes of at least 4 members (excludes halogenated alkanes) is 1. The number of carbonyl (C=O) groups is 1. The zero-order valence-corrected chi connectivity index (χ0v) is 12.3. The van der Waals surface area contributed by atoms with Crippen LogP contribution >= 0.6 is 24.0 Å². The van der Waals surface area contributed by atoms with Crippen LogP contribution in [0.5, 0.6) is 5.75 Å². The van der Waals surface area contributed by atoms with Gasteiger partial charge in [0, 0.05) is 5.56 Å². The Kier molecular flexibility index (Phi) is 4.99. The molecule has 1 aliphatic heterocycles. The fourth-order valence-corrected chi connectivity index (χ4v) is 2.66. The van der Waals surface area contributed by atoms with Crippen LogP contribution in [0.15, 0.2) is 29.2 Å². The van der Waals surface area contributed by atoms with Crippen LogP contribution in [0.2, 0.25) is 0 Å². The minimum Gasteiger partial charge on any atom is -0.493 e. The predicted octanol–water partition coefficient (Wildman–Crippen LogP) is 3.35. The highest BCUT2D eigenvalue weighted by Gasteiger charge is 2.22. The van der Waals surface area contributed by atoms with E-state index in [1.165, 1.54) is 11.8 Å². The number of hydrogen-bond donors (Lipinski definition) is 1. The van der Waals surface area contributed by atoms with E-state index in [0.29, 0.717) is 15.8 Å². The molecule has 0 saturated carbocycles. The zero-order chi connectivity index (χ0) is 13.7. The molecule has 2 rings (SSSR count). The van der Waals surface area contributed by atoms with Crippen molar-refractivity contribution < 1.29 is 9.53 Å². The van der Waals surface area contributed by atoms with Crippen LogP contribution < -0.4 is 10.1 Å². The van der Waals surface area contributed by atoms with Gasteiger partial charge in [-0.25, -0.2) is 0 Å². The number of hydrogen-bond acceptors (Lipinski definition) is 4. The zero-order valence-electron chi connectivity index (χ0n) is 10.6. The van der Waals surface area contributed by atoms with Crippen molar-refractivity contribution in [3.8, 4) is 5.75 Å². The van der Waals surface area contributed by atoms with Crippen LogP contribution in [-0.4, -0.2) is 16.8 Å². The average Bonchev–Trinajstić information content (AvgIpc) is 2.70. The number of ether oxygens (including phenoxy) is 1. The Morgan fingerprint density at radius 3 is 2.89 bits per heavy atom. The molecule has 0 unspecified atom stereocenters. The molecule has 1 amide bonds. The molecule has 1 heterocycles. The van der Waals surface area contributed by atoms with E-state index in [1.54, 1.807) is 0 Å². The normalized spacial score (nSPS) is 16.8. The second-order valence-electron chi connectivity index (χ2n) is 4.09. The number of thioether (sulfide) groups is 1. The second-order valence-corrected chi connectivity index (χ2v) is 5.81. The molecule has 1 aromatic carbocycles. The van der Waals surface area contributed by atoms with Crippen LogP contribution in [-0.2, 0) is 4.79 Å². The molecule has 0 bridgehead atoms. The lowest BCUT2D eigenvalue weighted by atomic mass is 10.2. The monoisotopic (exact) mass is 293 g/mol. The van der Waals surface area contributed by atoms with Crippen LogP contribution in [0.25, 0.3) is 6.08 Å². The van der Waals surface area contributed by atoms with Gasteiger partial charge in [-0.15, -0.1) is 0 Å². The Morgan fingerprint density at radius 1 is 1.42 bits per heavy atom. The lowest BCUT2D eigenvalue weighted by Gasteiger charge is -2.08. The third kappa shape index (κ3) is 3.81. The first-order chi connectivity index (χ1) is 9.20. The molecule has 0 radical (unpaired) electrons. The van der Waals surface area contributed by atoms with E-state index in [2.05, 4.69) is 12.2 Å². The fraction of sp³-hybridized carbons (Fsp3) is 0.286. The quantitative estimate of drug-likeness (QED) is 0.513. The number of para-hydroxylation sites is 1. The van der Waals surface area contributed by atoms with E-state index in [0.717, 1.165) is 24.2 Å². The summed E-state index contributed by atoms with van der Waals surface area (Å²) in [5.41, 5.74) is 0.904. The van der Waals surface area contributed by atoms with Gasteiger partial charge >= 0.3 is 0 Å². The summed E-state index contributed by atoms with van der Waals surface area (Å²) in [5, 5.41) is 2.61. The molecule has 1 saturated heterocycles. The molecular weight excluding hydrogens is 278 g/mol. The highest BCUT2D eigenvalue weighted by Crippen LogP contribution is 2.29. The van der Waals surface area contributed by atoms with Crippen molar-refractivity contribution >= 4 is 40.3 Å². The van der Waals surface area contributed by atoms with Crippen LogP contribution in [0.1, 0.15) is 25.3 Å². The predicted molar refractivity (Wildman–Crippen MR) is 83.2 cm³/mol. The van der Waals surface area contributed by atoms with E-state index < -0.39 is 0 Å². The Hall–Kier alpha value is -1.33. The van der Waals surface area contributed by atoms with Crippen molar-refractivity contribution in [2.24, 2.45) is 0 Å². The molecule has 1 N–H and O–H groups in total. The van der Waals surface area contributed by atoms with Gasteiger partial charge in [0.2, 0.25) is 0 Å². The fourth-order valence-electron chi connectivity index (χ4n) is 1.62. The number of amides is 1. The Morgan fingerprint density at radius 2 is 2.21 bits per heavy atom. The lowest BCUT2D eigenvalue weighted by Crippen LogP contribution is -2.17. The van der Waals surface area contributed by atoms with E-state index in [9.17, 15) is 4.79 Å². The topological polar surface area (TPSA) is 38.3 Å². The summed E-state index contributed by atoms with van der Waals surface area (Å²) in [7, 11) is 0. The second kappa shape index (κ2) is 6.73. The summed E-state index contributed by atoms with van der Waals surface area (Å²) in [6, 6.07) is 7.70. The Balaban J connectivity index is 2.18. The first-order valence-corrected chi connectivity index (χ1v) is 7.40. The molecular formula is C14H15NO2S2. The maximum atomic E-state index is 11.6. The highest BCUT2D eigenvalue weighted by molar-refractivity contribution is 8.26. The molecule has 3 nitrogen and oxygen atoms in total. The Bertz CT molecular complexity index is 526. The van der Waals surface area contributed by atoms with Crippen molar-refractivity contribution in [1.82, 2.24) is 5.32 Å². The summed E-state index contributed by atoms with van der Waals surface area (Å²) in [6.07, 6.45) is 3.93. The number of rotatable bonds is 5. The van der Waals surface area contributed by atoms with Gasteiger partial charge in [-0.05, 0) is 18.6 Å². The highest BCUT2D eigenvalue weighted by atomic mass is 32.2. The Labute approximate surface area is 122 Å².